The molecule has 3 rings (SSSR count). The molecule has 1 aliphatic rings. The first kappa shape index (κ1) is 19.2. The van der Waals surface area contributed by atoms with Gasteiger partial charge in [0.15, 0.2) is 0 Å². The molecule has 1 saturated heterocycles. The predicted octanol–water partition coefficient (Wildman–Crippen LogP) is 1.01. The topological polar surface area (TPSA) is 129 Å². The maximum absolute atomic E-state index is 12.2. The summed E-state index contributed by atoms with van der Waals surface area (Å²) in [7, 11) is 0. The van der Waals surface area contributed by atoms with Gasteiger partial charge in [-0.25, -0.2) is 9.59 Å². The molecule has 10 nitrogen and oxygen atoms in total. The van der Waals surface area contributed by atoms with Crippen LogP contribution in [0.4, 0.5) is 10.5 Å². The SMILES string of the molecule is CC(=O)OCOC(=O)N1CCN(c2ccc3c(=O)c(C(=O)O)c[nH]c3c2)CC1. The van der Waals surface area contributed by atoms with Gasteiger partial charge >= 0.3 is 18.0 Å². The van der Waals surface area contributed by atoms with Crippen molar-refractivity contribution in [2.24, 2.45) is 0 Å². The molecule has 10 heteroatoms. The van der Waals surface area contributed by atoms with Crippen LogP contribution in [-0.4, -0.2) is 66.0 Å². The Bertz CT molecular complexity index is 977. The van der Waals surface area contributed by atoms with E-state index in [4.69, 9.17) is 9.84 Å². The van der Waals surface area contributed by atoms with Gasteiger partial charge in [-0.05, 0) is 18.2 Å². The molecule has 28 heavy (non-hydrogen) atoms. The summed E-state index contributed by atoms with van der Waals surface area (Å²) in [5.74, 6) is -1.80. The standard InChI is InChI=1S/C18H19N3O7/c1-11(22)27-10-28-18(26)21-6-4-20(5-7-21)12-2-3-13-15(8-12)19-9-14(16(13)23)17(24)25/h2-3,8-9H,4-7,10H2,1H3,(H,19,23)(H,24,25). The molecular formula is C18H19N3O7. The fourth-order valence-electron chi connectivity index (χ4n) is 2.97. The summed E-state index contributed by atoms with van der Waals surface area (Å²) in [6, 6.07) is 5.12. The van der Waals surface area contributed by atoms with Gasteiger partial charge in [0, 0.05) is 50.4 Å². The van der Waals surface area contributed by atoms with Gasteiger partial charge in [0.2, 0.25) is 12.2 Å². The number of hydrogen-bond donors (Lipinski definition) is 2. The molecule has 1 fully saturated rings. The van der Waals surface area contributed by atoms with E-state index in [1.165, 1.54) is 18.0 Å². The number of carboxylic acids is 1. The maximum Gasteiger partial charge on any atom is 0.412 e. The molecule has 0 saturated carbocycles. The molecule has 1 aromatic carbocycles. The summed E-state index contributed by atoms with van der Waals surface area (Å²) in [5, 5.41) is 9.34. The number of pyridine rings is 1. The Morgan fingerprint density at radius 1 is 1.14 bits per heavy atom. The van der Waals surface area contributed by atoms with Crippen LogP contribution in [0.15, 0.2) is 29.2 Å². The molecule has 0 spiro atoms. The Morgan fingerprint density at radius 3 is 2.50 bits per heavy atom. The molecule has 1 amide bonds. The van der Waals surface area contributed by atoms with E-state index in [-0.39, 0.29) is 5.56 Å². The van der Waals surface area contributed by atoms with Gasteiger partial charge in [-0.2, -0.15) is 0 Å². The number of fused-ring (bicyclic) bond motifs is 1. The molecule has 1 aliphatic heterocycles. The van der Waals surface area contributed by atoms with E-state index < -0.39 is 30.3 Å². The number of carbonyl (C=O) groups is 3. The van der Waals surface area contributed by atoms with Crippen LogP contribution in [0.5, 0.6) is 0 Å². The van der Waals surface area contributed by atoms with E-state index in [1.54, 1.807) is 18.2 Å². The van der Waals surface area contributed by atoms with Gasteiger partial charge in [-0.3, -0.25) is 9.59 Å². The number of nitrogens with zero attached hydrogens (tertiary/aromatic N) is 2. The molecule has 2 aromatic rings. The van der Waals surface area contributed by atoms with Crippen molar-refractivity contribution in [3.05, 3.63) is 40.2 Å². The van der Waals surface area contributed by atoms with Gasteiger partial charge in [0.25, 0.3) is 0 Å². The number of esters is 1. The first-order valence-electron chi connectivity index (χ1n) is 8.55. The van der Waals surface area contributed by atoms with Gasteiger partial charge in [0.05, 0.1) is 5.52 Å². The number of rotatable bonds is 4. The van der Waals surface area contributed by atoms with Crippen LogP contribution >= 0.6 is 0 Å². The van der Waals surface area contributed by atoms with Gasteiger partial charge in [-0.15, -0.1) is 0 Å². The number of piperazine rings is 1. The van der Waals surface area contributed by atoms with Crippen molar-refractivity contribution in [1.82, 2.24) is 9.88 Å². The molecular weight excluding hydrogens is 370 g/mol. The van der Waals surface area contributed by atoms with Crippen molar-refractivity contribution in [1.29, 1.82) is 0 Å². The van der Waals surface area contributed by atoms with Crippen LogP contribution < -0.4 is 10.3 Å². The van der Waals surface area contributed by atoms with Crippen molar-refractivity contribution in [3.8, 4) is 0 Å². The molecule has 0 unspecified atom stereocenters. The van der Waals surface area contributed by atoms with Crippen LogP contribution in [0.3, 0.4) is 0 Å². The van der Waals surface area contributed by atoms with Crippen LogP contribution in [0, 0.1) is 0 Å². The van der Waals surface area contributed by atoms with E-state index in [0.717, 1.165) is 5.69 Å². The third kappa shape index (κ3) is 4.05. The molecule has 0 bridgehead atoms. The average molecular weight is 389 g/mol. The number of amides is 1. The van der Waals surface area contributed by atoms with E-state index in [9.17, 15) is 19.2 Å². The Labute approximate surface area is 159 Å². The van der Waals surface area contributed by atoms with E-state index in [0.29, 0.717) is 37.1 Å². The van der Waals surface area contributed by atoms with E-state index in [2.05, 4.69) is 9.72 Å². The number of hydrogen-bond acceptors (Lipinski definition) is 7. The molecule has 2 heterocycles. The van der Waals surface area contributed by atoms with Crippen molar-refractivity contribution >= 4 is 34.6 Å². The Hall–Kier alpha value is -3.56. The monoisotopic (exact) mass is 389 g/mol. The van der Waals surface area contributed by atoms with Gasteiger partial charge < -0.3 is 29.4 Å². The summed E-state index contributed by atoms with van der Waals surface area (Å²) >= 11 is 0. The molecule has 2 N–H and O–H groups in total. The van der Waals surface area contributed by atoms with Crippen molar-refractivity contribution in [3.63, 3.8) is 0 Å². The normalized spacial score (nSPS) is 14.0. The average Bonchev–Trinajstić information content (AvgIpc) is 2.67. The van der Waals surface area contributed by atoms with E-state index >= 15 is 0 Å². The van der Waals surface area contributed by atoms with Crippen LogP contribution in [-0.2, 0) is 14.3 Å². The maximum atomic E-state index is 12.2. The number of carboxylic acid groups (broad SMARTS) is 1. The zero-order valence-electron chi connectivity index (χ0n) is 15.1. The first-order chi connectivity index (χ1) is 13.4. The number of aromatic amines is 1. The smallest absolute Gasteiger partial charge is 0.412 e. The number of ether oxygens (including phenoxy) is 2. The number of aromatic carboxylic acids is 1. The van der Waals surface area contributed by atoms with E-state index in [1.807, 2.05) is 4.90 Å². The van der Waals surface area contributed by atoms with Crippen LogP contribution in [0.25, 0.3) is 10.9 Å². The van der Waals surface area contributed by atoms with Crippen molar-refractivity contribution in [2.45, 2.75) is 6.92 Å². The number of anilines is 1. The van der Waals surface area contributed by atoms with Crippen LogP contribution in [0.1, 0.15) is 17.3 Å². The Balaban J connectivity index is 1.66. The highest BCUT2D eigenvalue weighted by Crippen LogP contribution is 2.21. The lowest BCUT2D eigenvalue weighted by Gasteiger charge is -2.35. The van der Waals surface area contributed by atoms with Crippen molar-refractivity contribution < 1.29 is 29.0 Å². The molecule has 0 radical (unpaired) electrons. The number of H-pyrrole nitrogens is 1. The molecule has 1 aromatic heterocycles. The quantitative estimate of drug-likeness (QED) is 0.585. The highest BCUT2D eigenvalue weighted by molar-refractivity contribution is 5.93. The summed E-state index contributed by atoms with van der Waals surface area (Å²) in [6.07, 6.45) is 0.637. The Kier molecular flexibility index (Phi) is 5.48. The van der Waals surface area contributed by atoms with Gasteiger partial charge in [0.1, 0.15) is 5.56 Å². The molecule has 0 atom stereocenters. The minimum Gasteiger partial charge on any atom is -0.477 e. The van der Waals surface area contributed by atoms with Crippen molar-refractivity contribution in [2.75, 3.05) is 37.9 Å². The number of aromatic nitrogens is 1. The fourth-order valence-corrected chi connectivity index (χ4v) is 2.97. The summed E-state index contributed by atoms with van der Waals surface area (Å²) < 4.78 is 9.46. The van der Waals surface area contributed by atoms with Crippen LogP contribution in [0.2, 0.25) is 0 Å². The zero-order chi connectivity index (χ0) is 20.3. The molecule has 0 aliphatic carbocycles. The lowest BCUT2D eigenvalue weighted by molar-refractivity contribution is -0.149. The lowest BCUT2D eigenvalue weighted by Crippen LogP contribution is -2.49. The second-order valence-corrected chi connectivity index (χ2v) is 6.20. The highest BCUT2D eigenvalue weighted by Gasteiger charge is 2.23. The summed E-state index contributed by atoms with van der Waals surface area (Å²) in [4.78, 5) is 52.3. The summed E-state index contributed by atoms with van der Waals surface area (Å²) in [6.45, 7) is 2.75. The number of nitrogens with one attached hydrogen (secondary N) is 1. The minimum atomic E-state index is -1.27. The Morgan fingerprint density at radius 2 is 1.86 bits per heavy atom. The predicted molar refractivity (Wildman–Crippen MR) is 98.4 cm³/mol. The minimum absolute atomic E-state index is 0.302. The number of carbonyl (C=O) groups excluding carboxylic acids is 2. The van der Waals surface area contributed by atoms with Gasteiger partial charge in [-0.1, -0.05) is 0 Å². The highest BCUT2D eigenvalue weighted by atomic mass is 16.7. The third-order valence-electron chi connectivity index (χ3n) is 4.44. The number of benzene rings is 1. The zero-order valence-corrected chi connectivity index (χ0v) is 15.1. The lowest BCUT2D eigenvalue weighted by atomic mass is 10.1. The largest absolute Gasteiger partial charge is 0.477 e. The summed E-state index contributed by atoms with van der Waals surface area (Å²) in [5.41, 5.74) is 0.546. The second kappa shape index (κ2) is 7.99. The first-order valence-corrected chi connectivity index (χ1v) is 8.55. The molecule has 148 valence electrons. The second-order valence-electron chi connectivity index (χ2n) is 6.20. The fraction of sp³-hybridized carbons (Fsp3) is 0.333. The third-order valence-corrected chi connectivity index (χ3v) is 4.44.